The number of amides is 2. The minimum atomic E-state index is -4.35. The fourth-order valence-corrected chi connectivity index (χ4v) is 6.52. The molecule has 46 heavy (non-hydrogen) atoms. The van der Waals surface area contributed by atoms with Gasteiger partial charge in [0.2, 0.25) is 11.8 Å². The number of benzene rings is 3. The van der Waals surface area contributed by atoms with E-state index in [9.17, 15) is 18.0 Å². The Balaban J connectivity index is 2.10. The SMILES string of the molecule is CCCCNC(=O)[C@@H](CC)N(Cc1ccc(Cl)c(Cl)c1)C(=O)CN(c1ccc(OCC)cc1)S(=O)(=O)c1ccc(OC)c(OC)c1. The lowest BCUT2D eigenvalue weighted by Crippen LogP contribution is -2.52. The lowest BCUT2D eigenvalue weighted by molar-refractivity contribution is -0.140. The minimum Gasteiger partial charge on any atom is -0.494 e. The molecule has 2 amide bonds. The topological polar surface area (TPSA) is 114 Å². The quantitative estimate of drug-likeness (QED) is 0.164. The number of hydrogen-bond donors (Lipinski definition) is 1. The van der Waals surface area contributed by atoms with Crippen LogP contribution in [0.3, 0.4) is 0 Å². The third kappa shape index (κ3) is 9.20. The summed E-state index contributed by atoms with van der Waals surface area (Å²) in [5, 5.41) is 3.54. The van der Waals surface area contributed by atoms with Crippen LogP contribution in [0, 0.1) is 0 Å². The van der Waals surface area contributed by atoms with E-state index in [1.165, 1.54) is 37.3 Å². The second-order valence-electron chi connectivity index (χ2n) is 10.3. The average Bonchev–Trinajstić information content (AvgIpc) is 3.05. The standard InChI is InChI=1S/C33H41Cl2N3O7S/c1-6-9-18-36-33(40)29(7-2)37(21-23-10-16-27(34)28(35)19-23)32(39)22-38(24-11-13-25(14-12-24)45-8-3)46(41,42)26-15-17-30(43-4)31(20-26)44-5/h10-17,19-20,29H,6-9,18,21-22H2,1-5H3,(H,36,40)/t29-/m1/s1. The van der Waals surface area contributed by atoms with Gasteiger partial charge in [-0.1, -0.05) is 49.5 Å². The number of carbonyl (C=O) groups is 2. The molecule has 0 radical (unpaired) electrons. The molecule has 3 rings (SSSR count). The summed E-state index contributed by atoms with van der Waals surface area (Å²) in [4.78, 5) is 29.0. The van der Waals surface area contributed by atoms with Crippen LogP contribution in [0.5, 0.6) is 17.2 Å². The van der Waals surface area contributed by atoms with Crippen LogP contribution in [0.4, 0.5) is 5.69 Å². The highest BCUT2D eigenvalue weighted by molar-refractivity contribution is 7.92. The molecule has 0 fully saturated rings. The van der Waals surface area contributed by atoms with E-state index in [0.29, 0.717) is 40.3 Å². The molecule has 10 nitrogen and oxygen atoms in total. The Bertz CT molecular complexity index is 1590. The highest BCUT2D eigenvalue weighted by atomic mass is 35.5. The number of nitrogens with one attached hydrogen (secondary N) is 1. The van der Waals surface area contributed by atoms with Gasteiger partial charge >= 0.3 is 0 Å². The fourth-order valence-electron chi connectivity index (χ4n) is 4.77. The maximum Gasteiger partial charge on any atom is 0.264 e. The van der Waals surface area contributed by atoms with E-state index in [1.807, 2.05) is 13.8 Å². The number of carbonyl (C=O) groups excluding carboxylic acids is 2. The first-order valence-corrected chi connectivity index (χ1v) is 17.2. The van der Waals surface area contributed by atoms with Crippen LogP contribution >= 0.6 is 23.2 Å². The fraction of sp³-hybridized carbons (Fsp3) is 0.394. The maximum atomic E-state index is 14.3. The van der Waals surface area contributed by atoms with E-state index < -0.39 is 28.5 Å². The molecule has 3 aromatic rings. The summed E-state index contributed by atoms with van der Waals surface area (Å²) < 4.78 is 45.7. The maximum absolute atomic E-state index is 14.3. The van der Waals surface area contributed by atoms with Crippen LogP contribution in [0.15, 0.2) is 65.6 Å². The molecule has 0 saturated heterocycles. The first-order chi connectivity index (χ1) is 22.0. The van der Waals surface area contributed by atoms with Crippen molar-refractivity contribution < 1.29 is 32.2 Å². The van der Waals surface area contributed by atoms with Crippen molar-refractivity contribution in [1.82, 2.24) is 10.2 Å². The second kappa shape index (κ2) is 17.3. The predicted molar refractivity (Wildman–Crippen MR) is 181 cm³/mol. The average molecular weight is 695 g/mol. The number of halogens is 2. The van der Waals surface area contributed by atoms with Crippen molar-refractivity contribution in [3.63, 3.8) is 0 Å². The zero-order chi connectivity index (χ0) is 33.9. The van der Waals surface area contributed by atoms with Crippen LogP contribution in [-0.4, -0.2) is 65.1 Å². The summed E-state index contributed by atoms with van der Waals surface area (Å²) in [6, 6.07) is 14.6. The van der Waals surface area contributed by atoms with Crippen molar-refractivity contribution in [3.05, 3.63) is 76.3 Å². The van der Waals surface area contributed by atoms with Crippen LogP contribution in [0.2, 0.25) is 10.0 Å². The molecule has 250 valence electrons. The molecule has 0 aliphatic heterocycles. The summed E-state index contributed by atoms with van der Waals surface area (Å²) in [7, 11) is -1.50. The van der Waals surface area contributed by atoms with Gasteiger partial charge in [-0.3, -0.25) is 13.9 Å². The number of rotatable bonds is 17. The normalized spacial score (nSPS) is 11.8. The van der Waals surface area contributed by atoms with Gasteiger partial charge in [-0.2, -0.15) is 0 Å². The Hall–Kier alpha value is -3.67. The van der Waals surface area contributed by atoms with Gasteiger partial charge in [0.05, 0.1) is 41.5 Å². The van der Waals surface area contributed by atoms with E-state index in [1.54, 1.807) is 49.4 Å². The molecule has 0 aromatic heterocycles. The number of methoxy groups -OCH3 is 2. The Morgan fingerprint density at radius 1 is 0.891 bits per heavy atom. The van der Waals surface area contributed by atoms with Gasteiger partial charge in [0.15, 0.2) is 11.5 Å². The Morgan fingerprint density at radius 2 is 1.59 bits per heavy atom. The molecule has 13 heteroatoms. The monoisotopic (exact) mass is 693 g/mol. The summed E-state index contributed by atoms with van der Waals surface area (Å²) >= 11 is 12.4. The van der Waals surface area contributed by atoms with Gasteiger partial charge in [0.1, 0.15) is 18.3 Å². The van der Waals surface area contributed by atoms with Crippen molar-refractivity contribution in [2.45, 2.75) is 57.5 Å². The third-order valence-corrected chi connectivity index (χ3v) is 9.72. The Morgan fingerprint density at radius 3 is 2.17 bits per heavy atom. The van der Waals surface area contributed by atoms with Crippen molar-refractivity contribution in [2.24, 2.45) is 0 Å². The van der Waals surface area contributed by atoms with Crippen LogP contribution in [0.25, 0.3) is 0 Å². The van der Waals surface area contributed by atoms with E-state index in [4.69, 9.17) is 37.4 Å². The van der Waals surface area contributed by atoms with Crippen LogP contribution in [0.1, 0.15) is 45.6 Å². The van der Waals surface area contributed by atoms with Gasteiger partial charge in [-0.05, 0) is 73.9 Å². The van der Waals surface area contributed by atoms with Crippen molar-refractivity contribution in [1.29, 1.82) is 0 Å². The predicted octanol–water partition coefficient (Wildman–Crippen LogP) is 6.33. The zero-order valence-electron chi connectivity index (χ0n) is 26.7. The van der Waals surface area contributed by atoms with E-state index in [0.717, 1.165) is 17.1 Å². The van der Waals surface area contributed by atoms with E-state index >= 15 is 0 Å². The molecular weight excluding hydrogens is 653 g/mol. The number of sulfonamides is 1. The molecule has 3 aromatic carbocycles. The second-order valence-corrected chi connectivity index (χ2v) is 13.0. The van der Waals surface area contributed by atoms with Gasteiger partial charge < -0.3 is 24.4 Å². The Labute approximate surface area is 281 Å². The highest BCUT2D eigenvalue weighted by Gasteiger charge is 2.34. The molecule has 0 bridgehead atoms. The molecule has 0 saturated carbocycles. The molecule has 0 unspecified atom stereocenters. The van der Waals surface area contributed by atoms with E-state index in [2.05, 4.69) is 5.32 Å². The minimum absolute atomic E-state index is 0.0110. The molecule has 0 spiro atoms. The molecule has 0 aliphatic carbocycles. The number of nitrogens with zero attached hydrogens (tertiary/aromatic N) is 2. The number of anilines is 1. The lowest BCUT2D eigenvalue weighted by atomic mass is 10.1. The lowest BCUT2D eigenvalue weighted by Gasteiger charge is -2.33. The van der Waals surface area contributed by atoms with Crippen molar-refractivity contribution in [2.75, 3.05) is 38.2 Å². The van der Waals surface area contributed by atoms with Gasteiger partial charge in [-0.25, -0.2) is 8.42 Å². The van der Waals surface area contributed by atoms with Crippen molar-refractivity contribution in [3.8, 4) is 17.2 Å². The molecule has 0 aliphatic rings. The molecule has 1 atom stereocenters. The van der Waals surface area contributed by atoms with Gasteiger partial charge in [0.25, 0.3) is 10.0 Å². The third-order valence-electron chi connectivity index (χ3n) is 7.21. The number of hydrogen-bond acceptors (Lipinski definition) is 7. The summed E-state index contributed by atoms with van der Waals surface area (Å²) in [6.07, 6.45) is 1.95. The largest absolute Gasteiger partial charge is 0.494 e. The first kappa shape index (κ1) is 36.8. The summed E-state index contributed by atoms with van der Waals surface area (Å²) in [5.41, 5.74) is 0.847. The summed E-state index contributed by atoms with van der Waals surface area (Å²) in [5.74, 6) is 0.161. The molecule has 1 N–H and O–H groups in total. The first-order valence-electron chi connectivity index (χ1n) is 15.0. The Kier molecular flexibility index (Phi) is 13.8. The van der Waals surface area contributed by atoms with Crippen LogP contribution < -0.4 is 23.8 Å². The summed E-state index contributed by atoms with van der Waals surface area (Å²) in [6.45, 7) is 5.90. The van der Waals surface area contributed by atoms with Gasteiger partial charge in [-0.15, -0.1) is 0 Å². The van der Waals surface area contributed by atoms with Crippen molar-refractivity contribution >= 4 is 50.7 Å². The van der Waals surface area contributed by atoms with Crippen LogP contribution in [-0.2, 0) is 26.2 Å². The smallest absolute Gasteiger partial charge is 0.264 e. The molecular formula is C33H41Cl2N3O7S. The highest BCUT2D eigenvalue weighted by Crippen LogP contribution is 2.33. The number of ether oxygens (including phenoxy) is 3. The molecule has 0 heterocycles. The zero-order valence-corrected chi connectivity index (χ0v) is 29.0. The van der Waals surface area contributed by atoms with E-state index in [-0.39, 0.29) is 35.2 Å². The number of unbranched alkanes of at least 4 members (excludes halogenated alkanes) is 1. The van der Waals surface area contributed by atoms with Gasteiger partial charge in [0, 0.05) is 19.2 Å².